The number of hydrogen-bond acceptors (Lipinski definition) is 2. The Bertz CT molecular complexity index is 123. The van der Waals surface area contributed by atoms with Gasteiger partial charge in [-0.2, -0.15) is 0 Å². The zero-order chi connectivity index (χ0) is 7.40. The van der Waals surface area contributed by atoms with Crippen LogP contribution >= 0.6 is 8.18 Å². The summed E-state index contributed by atoms with van der Waals surface area (Å²) >= 11 is 0. The van der Waals surface area contributed by atoms with E-state index in [1.165, 1.54) is 19.3 Å². The van der Waals surface area contributed by atoms with Crippen molar-refractivity contribution in [3.8, 4) is 0 Å². The Morgan fingerprint density at radius 2 is 1.90 bits per heavy atom. The van der Waals surface area contributed by atoms with Crippen molar-refractivity contribution in [1.29, 1.82) is 0 Å². The zero-order valence-electron chi connectivity index (χ0n) is 5.95. The first-order chi connectivity index (χ1) is 4.79. The average Bonchev–Trinajstić information content (AvgIpc) is 1.88. The standard InChI is InChI=1S/C6H13NO2P/c7-10(8)9-6-4-2-1-3-5-6/h6H,1-5H2,(H2,7,8)/q+1. The number of hydrogen-bond donors (Lipinski definition) is 1. The molecule has 2 N–H and O–H groups in total. The molecule has 1 aliphatic rings. The van der Waals surface area contributed by atoms with E-state index >= 15 is 0 Å². The van der Waals surface area contributed by atoms with Gasteiger partial charge in [0.25, 0.3) is 0 Å². The molecule has 1 rings (SSSR count). The topological polar surface area (TPSA) is 52.3 Å². The Morgan fingerprint density at radius 3 is 2.40 bits per heavy atom. The largest absolute Gasteiger partial charge is 0.610 e. The van der Waals surface area contributed by atoms with Gasteiger partial charge in [-0.1, -0.05) is 24.8 Å². The molecule has 1 saturated carbocycles. The first-order valence-electron chi connectivity index (χ1n) is 3.68. The van der Waals surface area contributed by atoms with E-state index < -0.39 is 8.18 Å². The lowest BCUT2D eigenvalue weighted by Crippen LogP contribution is -2.13. The minimum atomic E-state index is -1.87. The first kappa shape index (κ1) is 8.12. The van der Waals surface area contributed by atoms with E-state index in [9.17, 15) is 4.57 Å². The summed E-state index contributed by atoms with van der Waals surface area (Å²) in [7, 11) is -1.87. The molecule has 1 unspecified atom stereocenters. The third-order valence-corrected chi connectivity index (χ3v) is 2.31. The molecule has 1 fully saturated rings. The number of nitrogens with two attached hydrogens (primary N) is 1. The van der Waals surface area contributed by atoms with Crippen molar-refractivity contribution in [2.45, 2.75) is 38.2 Å². The second-order valence-electron chi connectivity index (χ2n) is 2.65. The fourth-order valence-electron chi connectivity index (χ4n) is 1.32. The minimum Gasteiger partial charge on any atom is -0.127 e. The molecule has 10 heavy (non-hydrogen) atoms. The summed E-state index contributed by atoms with van der Waals surface area (Å²) in [6, 6.07) is 0. The van der Waals surface area contributed by atoms with Crippen LogP contribution in [0, 0.1) is 0 Å². The summed E-state index contributed by atoms with van der Waals surface area (Å²) < 4.78 is 15.4. The summed E-state index contributed by atoms with van der Waals surface area (Å²) in [4.78, 5) is 0. The minimum absolute atomic E-state index is 0.169. The van der Waals surface area contributed by atoms with Gasteiger partial charge in [-0.25, -0.2) is 0 Å². The first-order valence-corrected chi connectivity index (χ1v) is 4.92. The molecule has 1 aliphatic carbocycles. The maximum atomic E-state index is 10.4. The predicted octanol–water partition coefficient (Wildman–Crippen LogP) is 1.95. The highest BCUT2D eigenvalue weighted by atomic mass is 31.1. The van der Waals surface area contributed by atoms with Gasteiger partial charge in [0.05, 0.1) is 0 Å². The molecule has 0 saturated heterocycles. The molecule has 0 aromatic rings. The zero-order valence-corrected chi connectivity index (χ0v) is 6.85. The van der Waals surface area contributed by atoms with E-state index in [1.54, 1.807) is 0 Å². The van der Waals surface area contributed by atoms with Gasteiger partial charge in [0.2, 0.25) is 0 Å². The second kappa shape index (κ2) is 4.02. The average molecular weight is 162 g/mol. The molecule has 0 aromatic carbocycles. The highest BCUT2D eigenvalue weighted by Crippen LogP contribution is 2.26. The summed E-state index contributed by atoms with van der Waals surface area (Å²) in [5, 5.41) is 0. The van der Waals surface area contributed by atoms with Crippen LogP contribution in [0.3, 0.4) is 0 Å². The molecule has 0 heterocycles. The molecule has 0 amide bonds. The van der Waals surface area contributed by atoms with Crippen molar-refractivity contribution in [2.75, 3.05) is 0 Å². The Labute approximate surface area is 61.9 Å². The molecule has 0 aromatic heterocycles. The quantitative estimate of drug-likeness (QED) is 0.631. The number of rotatable bonds is 2. The third kappa shape index (κ3) is 2.74. The predicted molar refractivity (Wildman–Crippen MR) is 39.8 cm³/mol. The monoisotopic (exact) mass is 162 g/mol. The Balaban J connectivity index is 2.19. The Hall–Kier alpha value is 0.0200. The molecule has 0 bridgehead atoms. The molecule has 3 nitrogen and oxygen atoms in total. The summed E-state index contributed by atoms with van der Waals surface area (Å²) in [5.41, 5.74) is 5.01. The van der Waals surface area contributed by atoms with Crippen molar-refractivity contribution >= 4 is 8.18 Å². The van der Waals surface area contributed by atoms with Gasteiger partial charge in [-0.3, -0.25) is 0 Å². The van der Waals surface area contributed by atoms with E-state index in [0.29, 0.717) is 0 Å². The maximum Gasteiger partial charge on any atom is 0.610 e. The van der Waals surface area contributed by atoms with Crippen molar-refractivity contribution in [2.24, 2.45) is 5.50 Å². The Morgan fingerprint density at radius 1 is 1.30 bits per heavy atom. The smallest absolute Gasteiger partial charge is 0.127 e. The molecule has 0 spiro atoms. The molecule has 1 atom stereocenters. The van der Waals surface area contributed by atoms with Gasteiger partial charge >= 0.3 is 8.18 Å². The van der Waals surface area contributed by atoms with Gasteiger partial charge in [0.1, 0.15) is 6.10 Å². The lowest BCUT2D eigenvalue weighted by Gasteiger charge is -2.14. The highest BCUT2D eigenvalue weighted by Gasteiger charge is 2.22. The molecule has 58 valence electrons. The van der Waals surface area contributed by atoms with Crippen LogP contribution in [0.15, 0.2) is 0 Å². The third-order valence-electron chi connectivity index (χ3n) is 1.81. The fourth-order valence-corrected chi connectivity index (χ4v) is 1.82. The van der Waals surface area contributed by atoms with Crippen LogP contribution in [0.1, 0.15) is 32.1 Å². The molecule has 4 heteroatoms. The lowest BCUT2D eigenvalue weighted by atomic mass is 9.98. The van der Waals surface area contributed by atoms with Crippen LogP contribution in [-0.4, -0.2) is 6.10 Å². The molecular formula is C6H13NO2P+. The van der Waals surface area contributed by atoms with Crippen LogP contribution in [0.2, 0.25) is 0 Å². The maximum absolute atomic E-state index is 10.4. The van der Waals surface area contributed by atoms with E-state index in [1.807, 2.05) is 0 Å². The second-order valence-corrected chi connectivity index (χ2v) is 3.43. The Kier molecular flexibility index (Phi) is 3.26. The van der Waals surface area contributed by atoms with Gasteiger partial charge in [-0.05, 0) is 17.4 Å². The summed E-state index contributed by atoms with van der Waals surface area (Å²) in [5.74, 6) is 0. The van der Waals surface area contributed by atoms with E-state index in [-0.39, 0.29) is 6.10 Å². The van der Waals surface area contributed by atoms with Gasteiger partial charge < -0.3 is 0 Å². The summed E-state index contributed by atoms with van der Waals surface area (Å²) in [6.45, 7) is 0. The summed E-state index contributed by atoms with van der Waals surface area (Å²) in [6.07, 6.45) is 5.88. The van der Waals surface area contributed by atoms with Gasteiger partial charge in [0, 0.05) is 0 Å². The normalized spacial score (nSPS) is 22.7. The van der Waals surface area contributed by atoms with Crippen molar-refractivity contribution in [3.05, 3.63) is 0 Å². The van der Waals surface area contributed by atoms with Crippen LogP contribution in [0.25, 0.3) is 0 Å². The lowest BCUT2D eigenvalue weighted by molar-refractivity contribution is 0.166. The highest BCUT2D eigenvalue weighted by molar-refractivity contribution is 7.36. The van der Waals surface area contributed by atoms with Gasteiger partial charge in [0.15, 0.2) is 0 Å². The molecule has 0 radical (unpaired) electrons. The van der Waals surface area contributed by atoms with E-state index in [0.717, 1.165) is 12.8 Å². The van der Waals surface area contributed by atoms with Crippen LogP contribution < -0.4 is 5.50 Å². The van der Waals surface area contributed by atoms with Gasteiger partial charge in [-0.15, -0.1) is 4.52 Å². The van der Waals surface area contributed by atoms with Crippen LogP contribution in [-0.2, 0) is 9.09 Å². The SMILES string of the molecule is N[P+](=O)OC1CCCCC1. The van der Waals surface area contributed by atoms with E-state index in [2.05, 4.69) is 0 Å². The van der Waals surface area contributed by atoms with Crippen LogP contribution in [0.5, 0.6) is 0 Å². The van der Waals surface area contributed by atoms with E-state index in [4.69, 9.17) is 10.0 Å². The van der Waals surface area contributed by atoms with Crippen molar-refractivity contribution in [1.82, 2.24) is 0 Å². The molecule has 0 aliphatic heterocycles. The van der Waals surface area contributed by atoms with Crippen LogP contribution in [0.4, 0.5) is 0 Å². The van der Waals surface area contributed by atoms with Crippen molar-refractivity contribution < 1.29 is 9.09 Å². The molecular weight excluding hydrogens is 149 g/mol. The van der Waals surface area contributed by atoms with Crippen molar-refractivity contribution in [3.63, 3.8) is 0 Å². The fraction of sp³-hybridized carbons (Fsp3) is 1.00.